The van der Waals surface area contributed by atoms with Crippen LogP contribution in [0.1, 0.15) is 13.8 Å². The highest BCUT2D eigenvalue weighted by atomic mass is 32.2. The number of rotatable bonds is 5. The van der Waals surface area contributed by atoms with Gasteiger partial charge in [-0.3, -0.25) is 0 Å². The van der Waals surface area contributed by atoms with E-state index in [0.29, 0.717) is 4.90 Å². The van der Waals surface area contributed by atoms with E-state index in [1.165, 1.54) is 0 Å². The topological polar surface area (TPSA) is 54.4 Å². The van der Waals surface area contributed by atoms with Crippen LogP contribution in [0.2, 0.25) is 0 Å². The van der Waals surface area contributed by atoms with Crippen LogP contribution < -0.4 is 0 Å². The monoisotopic (exact) mass is 242 g/mol. The Morgan fingerprint density at radius 2 is 1.75 bits per heavy atom. The van der Waals surface area contributed by atoms with Gasteiger partial charge >= 0.3 is 0 Å². The fraction of sp³-hybridized carbons (Fsp3) is 0.500. The van der Waals surface area contributed by atoms with Crippen LogP contribution in [0.5, 0.6) is 0 Å². The maximum atomic E-state index is 12.0. The quantitative estimate of drug-likeness (QED) is 0.855. The van der Waals surface area contributed by atoms with Crippen molar-refractivity contribution in [2.75, 3.05) is 12.4 Å². The highest BCUT2D eigenvalue weighted by Gasteiger charge is 2.22. The van der Waals surface area contributed by atoms with Crippen LogP contribution >= 0.6 is 0 Å². The minimum atomic E-state index is -3.28. The number of hydrogen-bond acceptors (Lipinski definition) is 3. The molecule has 0 heterocycles. The normalized spacial score (nSPS) is 14.0. The highest BCUT2D eigenvalue weighted by molar-refractivity contribution is 7.91. The molecule has 1 atom stereocenters. The van der Waals surface area contributed by atoms with Crippen molar-refractivity contribution in [2.24, 2.45) is 11.8 Å². The molecule has 0 aliphatic carbocycles. The summed E-state index contributed by atoms with van der Waals surface area (Å²) < 4.78 is 24.0. The summed E-state index contributed by atoms with van der Waals surface area (Å²) in [6.07, 6.45) is 0. The third kappa shape index (κ3) is 3.32. The lowest BCUT2D eigenvalue weighted by molar-refractivity contribution is 0.204. The van der Waals surface area contributed by atoms with Gasteiger partial charge in [-0.1, -0.05) is 32.0 Å². The molecule has 1 aromatic carbocycles. The van der Waals surface area contributed by atoms with Crippen molar-refractivity contribution in [3.05, 3.63) is 30.3 Å². The molecule has 0 aliphatic heterocycles. The lowest BCUT2D eigenvalue weighted by Crippen LogP contribution is -2.24. The highest BCUT2D eigenvalue weighted by Crippen LogP contribution is 2.18. The lowest BCUT2D eigenvalue weighted by Gasteiger charge is -2.17. The summed E-state index contributed by atoms with van der Waals surface area (Å²) in [6, 6.07) is 8.37. The minimum absolute atomic E-state index is 0.00514. The summed E-state index contributed by atoms with van der Waals surface area (Å²) in [4.78, 5) is 0.328. The van der Waals surface area contributed by atoms with Crippen LogP contribution in [0.25, 0.3) is 0 Å². The molecule has 1 aromatic rings. The maximum Gasteiger partial charge on any atom is 0.178 e. The first-order chi connectivity index (χ1) is 7.47. The molecule has 4 heteroatoms. The second kappa shape index (κ2) is 5.46. The molecule has 0 radical (unpaired) electrons. The Kier molecular flexibility index (Phi) is 4.50. The molecule has 0 spiro atoms. The van der Waals surface area contributed by atoms with Crippen molar-refractivity contribution in [3.63, 3.8) is 0 Å². The van der Waals surface area contributed by atoms with Crippen LogP contribution in [0.4, 0.5) is 0 Å². The predicted molar refractivity (Wildman–Crippen MR) is 63.9 cm³/mol. The summed E-state index contributed by atoms with van der Waals surface area (Å²) in [5, 5.41) is 9.14. The number of hydrogen-bond donors (Lipinski definition) is 1. The molecule has 16 heavy (non-hydrogen) atoms. The minimum Gasteiger partial charge on any atom is -0.396 e. The van der Waals surface area contributed by atoms with Crippen LogP contribution in [-0.4, -0.2) is 25.9 Å². The summed E-state index contributed by atoms with van der Waals surface area (Å²) in [5.41, 5.74) is 0. The van der Waals surface area contributed by atoms with Gasteiger partial charge in [0.2, 0.25) is 0 Å². The van der Waals surface area contributed by atoms with Crippen LogP contribution in [0, 0.1) is 11.8 Å². The number of benzene rings is 1. The van der Waals surface area contributed by atoms with E-state index in [-0.39, 0.29) is 24.2 Å². The molecular weight excluding hydrogens is 224 g/mol. The van der Waals surface area contributed by atoms with Gasteiger partial charge in [-0.2, -0.15) is 0 Å². The first-order valence-electron chi connectivity index (χ1n) is 5.36. The van der Waals surface area contributed by atoms with Gasteiger partial charge in [0.15, 0.2) is 9.84 Å². The van der Waals surface area contributed by atoms with Gasteiger partial charge in [0.05, 0.1) is 10.6 Å². The molecule has 0 bridgehead atoms. The third-order valence-corrected chi connectivity index (χ3v) is 4.57. The van der Waals surface area contributed by atoms with Gasteiger partial charge in [-0.25, -0.2) is 8.42 Å². The van der Waals surface area contributed by atoms with Crippen molar-refractivity contribution in [2.45, 2.75) is 18.7 Å². The van der Waals surface area contributed by atoms with Crippen LogP contribution in [0.3, 0.4) is 0 Å². The molecule has 1 rings (SSSR count). The predicted octanol–water partition coefficient (Wildman–Crippen LogP) is 1.72. The van der Waals surface area contributed by atoms with Crippen LogP contribution in [-0.2, 0) is 9.84 Å². The van der Waals surface area contributed by atoms with E-state index in [9.17, 15) is 8.42 Å². The molecular formula is C12H18O3S. The second-order valence-corrected chi connectivity index (χ2v) is 6.32. The SMILES string of the molecule is CC(C)C(CO)CS(=O)(=O)c1ccccc1. The molecule has 0 aliphatic rings. The zero-order valence-corrected chi connectivity index (χ0v) is 10.4. The molecule has 0 saturated carbocycles. The molecule has 90 valence electrons. The molecule has 3 nitrogen and oxygen atoms in total. The Hall–Kier alpha value is -0.870. The summed E-state index contributed by atoms with van der Waals surface area (Å²) >= 11 is 0. The Labute approximate surface area is 97.0 Å². The van der Waals surface area contributed by atoms with Gasteiger partial charge in [0.1, 0.15) is 0 Å². The molecule has 1 unspecified atom stereocenters. The van der Waals surface area contributed by atoms with Gasteiger partial charge in [-0.15, -0.1) is 0 Å². The van der Waals surface area contributed by atoms with E-state index < -0.39 is 9.84 Å². The summed E-state index contributed by atoms with van der Waals surface area (Å²) in [5.74, 6) is -0.0424. The Balaban J connectivity index is 2.88. The summed E-state index contributed by atoms with van der Waals surface area (Å²) in [6.45, 7) is 3.74. The van der Waals surface area contributed by atoms with Crippen molar-refractivity contribution < 1.29 is 13.5 Å². The van der Waals surface area contributed by atoms with E-state index in [1.807, 2.05) is 13.8 Å². The van der Waals surface area contributed by atoms with Gasteiger partial charge in [0.25, 0.3) is 0 Å². The number of aliphatic hydroxyl groups is 1. The fourth-order valence-corrected chi connectivity index (χ4v) is 3.28. The molecule has 1 N–H and O–H groups in total. The van der Waals surface area contributed by atoms with E-state index >= 15 is 0 Å². The average molecular weight is 242 g/mol. The Morgan fingerprint density at radius 3 is 2.19 bits per heavy atom. The van der Waals surface area contributed by atoms with Gasteiger partial charge in [0, 0.05) is 6.61 Å². The second-order valence-electron chi connectivity index (χ2n) is 4.28. The molecule has 0 amide bonds. The number of aliphatic hydroxyl groups excluding tert-OH is 1. The van der Waals surface area contributed by atoms with Crippen molar-refractivity contribution in [3.8, 4) is 0 Å². The molecule has 0 aromatic heterocycles. The number of sulfone groups is 1. The van der Waals surface area contributed by atoms with Crippen molar-refractivity contribution in [1.29, 1.82) is 0 Å². The Bertz CT molecular complexity index is 409. The average Bonchev–Trinajstić information content (AvgIpc) is 2.27. The fourth-order valence-electron chi connectivity index (χ4n) is 1.46. The van der Waals surface area contributed by atoms with Gasteiger partial charge < -0.3 is 5.11 Å². The first kappa shape index (κ1) is 13.2. The van der Waals surface area contributed by atoms with Gasteiger partial charge in [-0.05, 0) is 24.0 Å². The van der Waals surface area contributed by atoms with Crippen molar-refractivity contribution >= 4 is 9.84 Å². The zero-order valence-electron chi connectivity index (χ0n) is 9.63. The smallest absolute Gasteiger partial charge is 0.178 e. The van der Waals surface area contributed by atoms with E-state index in [2.05, 4.69) is 0 Å². The maximum absolute atomic E-state index is 12.0. The Morgan fingerprint density at radius 1 is 1.19 bits per heavy atom. The molecule has 0 saturated heterocycles. The van der Waals surface area contributed by atoms with Crippen molar-refractivity contribution in [1.82, 2.24) is 0 Å². The van der Waals surface area contributed by atoms with E-state index in [0.717, 1.165) is 0 Å². The standard InChI is InChI=1S/C12H18O3S/c1-10(2)11(8-13)9-16(14,15)12-6-4-3-5-7-12/h3-7,10-11,13H,8-9H2,1-2H3. The summed E-state index contributed by atoms with van der Waals surface area (Å²) in [7, 11) is -3.28. The van der Waals surface area contributed by atoms with E-state index in [1.54, 1.807) is 30.3 Å². The largest absolute Gasteiger partial charge is 0.396 e. The molecule has 0 fully saturated rings. The first-order valence-corrected chi connectivity index (χ1v) is 7.01. The zero-order chi connectivity index (χ0) is 12.2. The third-order valence-electron chi connectivity index (χ3n) is 2.71. The van der Waals surface area contributed by atoms with Crippen LogP contribution in [0.15, 0.2) is 35.2 Å². The van der Waals surface area contributed by atoms with E-state index in [4.69, 9.17) is 5.11 Å². The lowest BCUT2D eigenvalue weighted by atomic mass is 9.99.